The molecule has 29 heavy (non-hydrogen) atoms. The van der Waals surface area contributed by atoms with E-state index in [9.17, 15) is 35.9 Å². The summed E-state index contributed by atoms with van der Waals surface area (Å²) >= 11 is 0. The molecule has 0 saturated heterocycles. The van der Waals surface area contributed by atoms with Crippen LogP contribution in [0.2, 0.25) is 0 Å². The number of benzene rings is 1. The van der Waals surface area contributed by atoms with Crippen molar-refractivity contribution >= 4 is 5.91 Å². The Labute approximate surface area is 161 Å². The Bertz CT molecular complexity index is 950. The summed E-state index contributed by atoms with van der Waals surface area (Å²) in [6.45, 7) is 2.07. The Balaban J connectivity index is 2.46. The van der Waals surface area contributed by atoms with Crippen LogP contribution in [0.3, 0.4) is 0 Å². The molecule has 158 valence electrons. The van der Waals surface area contributed by atoms with Crippen molar-refractivity contribution in [1.82, 2.24) is 14.7 Å². The quantitative estimate of drug-likeness (QED) is 0.687. The van der Waals surface area contributed by atoms with Crippen LogP contribution in [0.4, 0.5) is 26.3 Å². The van der Waals surface area contributed by atoms with E-state index < -0.39 is 47.9 Å². The summed E-state index contributed by atoms with van der Waals surface area (Å²) < 4.78 is 77.2. The van der Waals surface area contributed by atoms with E-state index in [0.717, 1.165) is 33.8 Å². The van der Waals surface area contributed by atoms with Gasteiger partial charge in [0, 0.05) is 24.8 Å². The maximum Gasteiger partial charge on any atom is 0.416 e. The molecule has 0 N–H and O–H groups in total. The fraction of sp³-hybridized carbons (Fsp3) is 0.389. The van der Waals surface area contributed by atoms with Crippen LogP contribution in [0.5, 0.6) is 0 Å². The van der Waals surface area contributed by atoms with Crippen molar-refractivity contribution in [1.29, 1.82) is 0 Å². The van der Waals surface area contributed by atoms with E-state index in [1.54, 1.807) is 0 Å². The Morgan fingerprint density at radius 3 is 2.34 bits per heavy atom. The van der Waals surface area contributed by atoms with Crippen LogP contribution in [-0.4, -0.2) is 39.9 Å². The van der Waals surface area contributed by atoms with Gasteiger partial charge in [0.1, 0.15) is 0 Å². The maximum absolute atomic E-state index is 13.0. The number of halogens is 6. The first kappa shape index (κ1) is 22.4. The lowest BCUT2D eigenvalue weighted by molar-refractivity contribution is -0.138. The standard InChI is InChI=1S/C18H17F6N3O2/c1-3-26(8-7-17(19,20)21)16(29)15-14(28)9-11(2)27(25-15)13-6-4-5-12(10-13)18(22,23)24/h4-6,9-10H,3,7-8H2,1-2H3. The van der Waals surface area contributed by atoms with Gasteiger partial charge in [-0.1, -0.05) is 6.07 Å². The molecule has 11 heteroatoms. The Morgan fingerprint density at radius 2 is 1.79 bits per heavy atom. The van der Waals surface area contributed by atoms with Gasteiger partial charge in [0.05, 0.1) is 17.7 Å². The minimum atomic E-state index is -4.61. The molecule has 1 aromatic carbocycles. The van der Waals surface area contributed by atoms with Crippen LogP contribution in [0.1, 0.15) is 35.1 Å². The fourth-order valence-corrected chi connectivity index (χ4v) is 2.59. The fourth-order valence-electron chi connectivity index (χ4n) is 2.59. The minimum absolute atomic E-state index is 0.0512. The molecule has 0 spiro atoms. The Hall–Kier alpha value is -2.85. The van der Waals surface area contributed by atoms with Gasteiger partial charge in [-0.05, 0) is 32.0 Å². The zero-order chi connectivity index (χ0) is 22.0. The lowest BCUT2D eigenvalue weighted by atomic mass is 10.2. The van der Waals surface area contributed by atoms with Crippen molar-refractivity contribution in [3.8, 4) is 5.69 Å². The zero-order valence-corrected chi connectivity index (χ0v) is 15.4. The maximum atomic E-state index is 13.0. The van der Waals surface area contributed by atoms with Crippen LogP contribution in [0.25, 0.3) is 5.69 Å². The van der Waals surface area contributed by atoms with Crippen molar-refractivity contribution in [2.24, 2.45) is 0 Å². The summed E-state index contributed by atoms with van der Waals surface area (Å²) in [6.07, 6.45) is -10.4. The molecule has 0 bridgehead atoms. The molecule has 1 heterocycles. The number of hydrogen-bond acceptors (Lipinski definition) is 3. The van der Waals surface area contributed by atoms with Gasteiger partial charge < -0.3 is 4.90 Å². The number of amides is 1. The molecule has 1 amide bonds. The van der Waals surface area contributed by atoms with Gasteiger partial charge in [0.2, 0.25) is 5.43 Å². The summed E-state index contributed by atoms with van der Waals surface area (Å²) in [5.74, 6) is -1.03. The summed E-state index contributed by atoms with van der Waals surface area (Å²) in [7, 11) is 0. The van der Waals surface area contributed by atoms with Gasteiger partial charge in [0.25, 0.3) is 5.91 Å². The SMILES string of the molecule is CCN(CCC(F)(F)F)C(=O)c1nn(-c2cccc(C(F)(F)F)c2)c(C)cc1=O. The summed E-state index contributed by atoms with van der Waals surface area (Å²) in [5, 5.41) is 3.84. The highest BCUT2D eigenvalue weighted by atomic mass is 19.4. The van der Waals surface area contributed by atoms with Crippen molar-refractivity contribution < 1.29 is 31.1 Å². The molecule has 0 atom stereocenters. The monoisotopic (exact) mass is 421 g/mol. The molecule has 0 radical (unpaired) electrons. The average molecular weight is 421 g/mol. The molecule has 0 unspecified atom stereocenters. The summed E-state index contributed by atoms with van der Waals surface area (Å²) in [6, 6.07) is 5.08. The predicted molar refractivity (Wildman–Crippen MR) is 91.8 cm³/mol. The van der Waals surface area contributed by atoms with E-state index in [1.807, 2.05) is 0 Å². The molecule has 0 fully saturated rings. The highest BCUT2D eigenvalue weighted by Crippen LogP contribution is 2.30. The lowest BCUT2D eigenvalue weighted by Crippen LogP contribution is -2.38. The van der Waals surface area contributed by atoms with Crippen LogP contribution < -0.4 is 5.43 Å². The molecular formula is C18H17F6N3O2. The van der Waals surface area contributed by atoms with E-state index in [2.05, 4.69) is 5.10 Å². The number of alkyl halides is 6. The second-order valence-electron chi connectivity index (χ2n) is 6.21. The molecule has 5 nitrogen and oxygen atoms in total. The second kappa shape index (κ2) is 8.26. The van der Waals surface area contributed by atoms with E-state index in [0.29, 0.717) is 0 Å². The first-order valence-electron chi connectivity index (χ1n) is 8.48. The molecule has 2 aromatic rings. The summed E-state index contributed by atoms with van der Waals surface area (Å²) in [5.41, 5.74) is -2.35. The molecule has 2 rings (SSSR count). The van der Waals surface area contributed by atoms with Crippen LogP contribution in [0.15, 0.2) is 35.1 Å². The van der Waals surface area contributed by atoms with Gasteiger partial charge in [-0.2, -0.15) is 31.4 Å². The van der Waals surface area contributed by atoms with E-state index in [-0.39, 0.29) is 17.9 Å². The molecule has 0 saturated carbocycles. The van der Waals surface area contributed by atoms with Crippen LogP contribution in [0, 0.1) is 6.92 Å². The highest BCUT2D eigenvalue weighted by molar-refractivity contribution is 5.92. The Kier molecular flexibility index (Phi) is 6.39. The van der Waals surface area contributed by atoms with Crippen LogP contribution in [-0.2, 0) is 6.18 Å². The largest absolute Gasteiger partial charge is 0.416 e. The third-order valence-corrected chi connectivity index (χ3v) is 4.06. The number of hydrogen-bond donors (Lipinski definition) is 0. The third kappa shape index (κ3) is 5.58. The van der Waals surface area contributed by atoms with Crippen molar-refractivity contribution in [3.63, 3.8) is 0 Å². The number of aromatic nitrogens is 2. The smallest absolute Gasteiger partial charge is 0.337 e. The first-order chi connectivity index (χ1) is 13.3. The predicted octanol–water partition coefficient (Wildman–Crippen LogP) is 3.97. The van der Waals surface area contributed by atoms with Gasteiger partial charge >= 0.3 is 12.4 Å². The van der Waals surface area contributed by atoms with E-state index in [4.69, 9.17) is 0 Å². The van der Waals surface area contributed by atoms with Gasteiger partial charge in [-0.25, -0.2) is 4.68 Å². The zero-order valence-electron chi connectivity index (χ0n) is 15.4. The second-order valence-corrected chi connectivity index (χ2v) is 6.21. The number of nitrogens with zero attached hydrogens (tertiary/aromatic N) is 3. The molecule has 0 aliphatic carbocycles. The average Bonchev–Trinajstić information content (AvgIpc) is 2.60. The Morgan fingerprint density at radius 1 is 1.14 bits per heavy atom. The molecular weight excluding hydrogens is 404 g/mol. The van der Waals surface area contributed by atoms with Gasteiger partial charge in [-0.15, -0.1) is 0 Å². The van der Waals surface area contributed by atoms with E-state index in [1.165, 1.54) is 19.9 Å². The van der Waals surface area contributed by atoms with Gasteiger partial charge in [-0.3, -0.25) is 9.59 Å². The normalized spacial score (nSPS) is 12.1. The van der Waals surface area contributed by atoms with E-state index >= 15 is 0 Å². The topological polar surface area (TPSA) is 55.2 Å². The minimum Gasteiger partial charge on any atom is -0.337 e. The highest BCUT2D eigenvalue weighted by Gasteiger charge is 2.31. The number of carbonyl (C=O) groups is 1. The lowest BCUT2D eigenvalue weighted by Gasteiger charge is -2.21. The van der Waals surface area contributed by atoms with Crippen molar-refractivity contribution in [3.05, 3.63) is 57.5 Å². The number of aryl methyl sites for hydroxylation is 1. The van der Waals surface area contributed by atoms with Crippen molar-refractivity contribution in [2.45, 2.75) is 32.6 Å². The number of rotatable bonds is 5. The van der Waals surface area contributed by atoms with Crippen molar-refractivity contribution in [2.75, 3.05) is 13.1 Å². The van der Waals surface area contributed by atoms with Crippen LogP contribution >= 0.6 is 0 Å². The van der Waals surface area contributed by atoms with Gasteiger partial charge in [0.15, 0.2) is 5.69 Å². The molecule has 1 aromatic heterocycles. The summed E-state index contributed by atoms with van der Waals surface area (Å²) in [4.78, 5) is 25.5. The molecule has 0 aliphatic heterocycles. The third-order valence-electron chi connectivity index (χ3n) is 4.06. The molecule has 0 aliphatic rings. The number of carbonyl (C=O) groups excluding carboxylic acids is 1. The first-order valence-corrected chi connectivity index (χ1v) is 8.48.